The SMILES string of the molecule is C[C@H](Cn1ccc(-c2ccc(C#N)c(Cl)c2)n1)n1nc(C(N)=O)cc1COCCCCN1CCN(c2ccc3c(c2)C(=O)N(C2CCC(=O)NC2=O)C3=O)CC1. The number of imide groups is 2. The van der Waals surface area contributed by atoms with Gasteiger partial charge in [0.05, 0.1) is 52.3 Å². The fraction of sp³-hybridized carbons (Fsp3) is 0.385. The maximum Gasteiger partial charge on any atom is 0.269 e. The summed E-state index contributed by atoms with van der Waals surface area (Å²) in [5.41, 5.74) is 9.76. The van der Waals surface area contributed by atoms with Crippen LogP contribution >= 0.6 is 11.6 Å². The highest BCUT2D eigenvalue weighted by Crippen LogP contribution is 2.31. The number of hydrogen-bond acceptors (Lipinski definition) is 11. The van der Waals surface area contributed by atoms with Gasteiger partial charge < -0.3 is 15.4 Å². The summed E-state index contributed by atoms with van der Waals surface area (Å²) >= 11 is 6.22. The van der Waals surface area contributed by atoms with Gasteiger partial charge in [0.25, 0.3) is 17.7 Å². The number of nitrogens with zero attached hydrogens (tertiary/aromatic N) is 8. The number of ether oxygens (including phenoxy) is 1. The van der Waals surface area contributed by atoms with Crippen molar-refractivity contribution in [1.29, 1.82) is 5.26 Å². The number of primary amides is 1. The molecule has 4 aromatic rings. The van der Waals surface area contributed by atoms with Crippen molar-refractivity contribution in [3.8, 4) is 17.3 Å². The quantitative estimate of drug-likeness (QED) is 0.141. The number of nitrogens with one attached hydrogen (secondary N) is 1. The van der Waals surface area contributed by atoms with Gasteiger partial charge in [-0.1, -0.05) is 17.7 Å². The maximum absolute atomic E-state index is 13.3. The van der Waals surface area contributed by atoms with Crippen LogP contribution in [0.4, 0.5) is 5.69 Å². The molecule has 5 amide bonds. The smallest absolute Gasteiger partial charge is 0.269 e. The Morgan fingerprint density at radius 1 is 1.02 bits per heavy atom. The zero-order valence-electron chi connectivity index (χ0n) is 30.8. The molecule has 0 saturated carbocycles. The molecule has 3 N–H and O–H groups in total. The van der Waals surface area contributed by atoms with E-state index < -0.39 is 35.6 Å². The molecule has 3 aliphatic heterocycles. The maximum atomic E-state index is 13.3. The lowest BCUT2D eigenvalue weighted by molar-refractivity contribution is -0.136. The van der Waals surface area contributed by atoms with E-state index in [1.807, 2.05) is 25.3 Å². The second kappa shape index (κ2) is 16.5. The van der Waals surface area contributed by atoms with Crippen LogP contribution in [0.25, 0.3) is 11.3 Å². The van der Waals surface area contributed by atoms with Crippen molar-refractivity contribution >= 4 is 46.8 Å². The van der Waals surface area contributed by atoms with E-state index in [0.717, 1.165) is 67.4 Å². The second-order valence-corrected chi connectivity index (χ2v) is 14.6. The number of carbonyl (C=O) groups is 5. The van der Waals surface area contributed by atoms with Gasteiger partial charge in [-0.2, -0.15) is 15.5 Å². The number of nitrogens with two attached hydrogens (primary N) is 1. The van der Waals surface area contributed by atoms with Crippen LogP contribution in [-0.4, -0.2) is 104 Å². The average molecular weight is 781 g/mol. The van der Waals surface area contributed by atoms with Crippen molar-refractivity contribution in [2.75, 3.05) is 44.2 Å². The lowest BCUT2D eigenvalue weighted by Gasteiger charge is -2.36. The van der Waals surface area contributed by atoms with Crippen LogP contribution in [-0.2, 0) is 27.5 Å². The molecule has 16 nitrogen and oxygen atoms in total. The molecule has 290 valence electrons. The summed E-state index contributed by atoms with van der Waals surface area (Å²) in [5.74, 6) is -2.67. The van der Waals surface area contributed by atoms with Crippen molar-refractivity contribution in [1.82, 2.24) is 34.7 Å². The predicted molar refractivity (Wildman–Crippen MR) is 204 cm³/mol. The van der Waals surface area contributed by atoms with Crippen molar-refractivity contribution in [3.05, 3.63) is 87.8 Å². The summed E-state index contributed by atoms with van der Waals surface area (Å²) in [4.78, 5) is 67.9. The number of aromatic nitrogens is 4. The number of fused-ring (bicyclic) bond motifs is 1. The molecule has 2 saturated heterocycles. The number of carbonyl (C=O) groups excluding carboxylic acids is 5. The number of piperidine rings is 1. The zero-order chi connectivity index (χ0) is 39.5. The van der Waals surface area contributed by atoms with Crippen LogP contribution < -0.4 is 16.0 Å². The first-order valence-electron chi connectivity index (χ1n) is 18.5. The first-order valence-corrected chi connectivity index (χ1v) is 18.9. The van der Waals surface area contributed by atoms with Crippen LogP contribution in [0.3, 0.4) is 0 Å². The lowest BCUT2D eigenvalue weighted by Crippen LogP contribution is -2.54. The Morgan fingerprint density at radius 2 is 1.80 bits per heavy atom. The summed E-state index contributed by atoms with van der Waals surface area (Å²) in [5, 5.41) is 20.9. The van der Waals surface area contributed by atoms with Crippen LogP contribution in [0.1, 0.15) is 81.1 Å². The number of halogens is 1. The van der Waals surface area contributed by atoms with Crippen molar-refractivity contribution in [2.24, 2.45) is 5.73 Å². The summed E-state index contributed by atoms with van der Waals surface area (Å²) in [7, 11) is 0. The third kappa shape index (κ3) is 8.06. The van der Waals surface area contributed by atoms with E-state index in [1.54, 1.807) is 45.8 Å². The molecule has 0 aliphatic carbocycles. The molecule has 1 unspecified atom stereocenters. The number of piperazine rings is 1. The third-order valence-electron chi connectivity index (χ3n) is 10.4. The summed E-state index contributed by atoms with van der Waals surface area (Å²) in [6.45, 7) is 7.30. The van der Waals surface area contributed by atoms with Gasteiger partial charge in [0.1, 0.15) is 17.8 Å². The second-order valence-electron chi connectivity index (χ2n) is 14.2. The number of anilines is 1. The largest absolute Gasteiger partial charge is 0.375 e. The number of nitriles is 1. The summed E-state index contributed by atoms with van der Waals surface area (Å²) < 4.78 is 9.57. The van der Waals surface area contributed by atoms with E-state index in [1.165, 1.54) is 0 Å². The third-order valence-corrected chi connectivity index (χ3v) is 10.7. The van der Waals surface area contributed by atoms with Gasteiger partial charge in [-0.3, -0.25) is 48.5 Å². The molecule has 2 atom stereocenters. The van der Waals surface area contributed by atoms with E-state index in [-0.39, 0.29) is 42.3 Å². The molecule has 2 aromatic carbocycles. The van der Waals surface area contributed by atoms with E-state index >= 15 is 0 Å². The molecule has 0 bridgehead atoms. The van der Waals surface area contributed by atoms with Crippen LogP contribution in [0, 0.1) is 11.3 Å². The highest BCUT2D eigenvalue weighted by Gasteiger charge is 2.44. The number of unbranched alkanes of at least 4 members (excludes halogenated alkanes) is 1. The number of hydrogen-bond donors (Lipinski definition) is 2. The van der Waals surface area contributed by atoms with E-state index in [0.29, 0.717) is 29.4 Å². The van der Waals surface area contributed by atoms with Crippen LogP contribution in [0.15, 0.2) is 54.7 Å². The van der Waals surface area contributed by atoms with Gasteiger partial charge in [-0.25, -0.2) is 0 Å². The number of amides is 5. The highest BCUT2D eigenvalue weighted by atomic mass is 35.5. The zero-order valence-corrected chi connectivity index (χ0v) is 31.6. The Hall–Kier alpha value is -5.89. The first-order chi connectivity index (χ1) is 27.0. The Labute approximate surface area is 327 Å². The predicted octanol–water partition coefficient (Wildman–Crippen LogP) is 3.15. The average Bonchev–Trinajstić information content (AvgIpc) is 3.90. The topological polar surface area (TPSA) is 202 Å². The Balaban J connectivity index is 0.856. The molecule has 3 aliphatic rings. The molecular weight excluding hydrogens is 740 g/mol. The van der Waals surface area contributed by atoms with E-state index in [9.17, 15) is 24.0 Å². The standard InChI is InChI=1S/C39H41ClN10O6/c1-24(22-48-12-10-32(44-48)25-4-5-26(21-41)31(40)18-25)50-28(20-33(45-50)36(42)52)23-56-17-3-2-11-46-13-15-47(16-14-46)27-6-7-29-30(19-27)39(55)49(38(29)54)34-8-9-35(51)43-37(34)53/h4-7,10,12,18-20,24,34H,2-3,8-9,11,13-17,22-23H2,1H3,(H2,42,52)(H,43,51,53)/t24-,34?/m1/s1. The molecular formula is C39H41ClN10O6. The monoisotopic (exact) mass is 780 g/mol. The molecule has 5 heterocycles. The van der Waals surface area contributed by atoms with Gasteiger partial charge in [0.15, 0.2) is 0 Å². The molecule has 0 spiro atoms. The van der Waals surface area contributed by atoms with E-state index in [4.69, 9.17) is 27.3 Å². The molecule has 56 heavy (non-hydrogen) atoms. The van der Waals surface area contributed by atoms with Gasteiger partial charge in [-0.05, 0) is 75.2 Å². The van der Waals surface area contributed by atoms with Crippen molar-refractivity contribution < 1.29 is 28.7 Å². The first kappa shape index (κ1) is 38.4. The van der Waals surface area contributed by atoms with Crippen LogP contribution in [0.5, 0.6) is 0 Å². The van der Waals surface area contributed by atoms with Gasteiger partial charge >= 0.3 is 0 Å². The van der Waals surface area contributed by atoms with Gasteiger partial charge in [-0.15, -0.1) is 0 Å². The Morgan fingerprint density at radius 3 is 2.54 bits per heavy atom. The highest BCUT2D eigenvalue weighted by molar-refractivity contribution is 6.32. The summed E-state index contributed by atoms with van der Waals surface area (Å²) in [6, 6.07) is 14.8. The number of benzene rings is 2. The fourth-order valence-corrected chi connectivity index (χ4v) is 7.60. The van der Waals surface area contributed by atoms with Gasteiger partial charge in [0.2, 0.25) is 11.8 Å². The minimum Gasteiger partial charge on any atom is -0.375 e. The fourth-order valence-electron chi connectivity index (χ4n) is 7.38. The Bertz CT molecular complexity index is 2240. The molecule has 7 rings (SSSR count). The molecule has 17 heteroatoms. The van der Waals surface area contributed by atoms with Gasteiger partial charge in [0, 0.05) is 56.7 Å². The minimum absolute atomic E-state index is 0.0775. The van der Waals surface area contributed by atoms with Crippen molar-refractivity contribution in [2.45, 2.75) is 57.8 Å². The number of rotatable bonds is 14. The minimum atomic E-state index is -0.989. The lowest BCUT2D eigenvalue weighted by atomic mass is 10.0. The summed E-state index contributed by atoms with van der Waals surface area (Å²) in [6.07, 6.45) is 3.82. The molecule has 0 radical (unpaired) electrons. The van der Waals surface area contributed by atoms with Crippen LogP contribution in [0.2, 0.25) is 5.02 Å². The Kier molecular flexibility index (Phi) is 11.3. The normalized spacial score (nSPS) is 17.9. The van der Waals surface area contributed by atoms with E-state index in [2.05, 4.69) is 31.4 Å². The molecule has 2 aromatic heterocycles. The van der Waals surface area contributed by atoms with Crippen molar-refractivity contribution in [3.63, 3.8) is 0 Å². The molecule has 2 fully saturated rings.